The van der Waals surface area contributed by atoms with Crippen LogP contribution in [0.3, 0.4) is 0 Å². The average molecular weight is 323 g/mol. The van der Waals surface area contributed by atoms with Crippen molar-refractivity contribution < 1.29 is 9.53 Å². The smallest absolute Gasteiger partial charge is 0.258 e. The third-order valence-electron chi connectivity index (χ3n) is 4.50. The number of amides is 1. The zero-order chi connectivity index (χ0) is 16.8. The lowest BCUT2D eigenvalue weighted by molar-refractivity contribution is 0.0989. The first-order valence-corrected chi connectivity index (χ1v) is 8.92. The number of para-hydroxylation sites is 1. The summed E-state index contributed by atoms with van der Waals surface area (Å²) in [5, 5.41) is 0. The number of carbonyl (C=O) groups is 1. The van der Waals surface area contributed by atoms with Crippen molar-refractivity contribution in [1.29, 1.82) is 0 Å². The minimum Gasteiger partial charge on any atom is -0.494 e. The van der Waals surface area contributed by atoms with E-state index in [-0.39, 0.29) is 5.91 Å². The highest BCUT2D eigenvalue weighted by molar-refractivity contribution is 6.07. The van der Waals surface area contributed by atoms with Crippen LogP contribution < -0.4 is 9.64 Å². The molecule has 0 aliphatic carbocycles. The van der Waals surface area contributed by atoms with Gasteiger partial charge >= 0.3 is 0 Å². The Labute approximate surface area is 144 Å². The van der Waals surface area contributed by atoms with Gasteiger partial charge in [-0.3, -0.25) is 4.79 Å². The number of rotatable bonds is 7. The molecule has 0 spiro atoms. The highest BCUT2D eigenvalue weighted by Gasteiger charge is 2.24. The summed E-state index contributed by atoms with van der Waals surface area (Å²) in [6.45, 7) is 3.70. The summed E-state index contributed by atoms with van der Waals surface area (Å²) in [5.74, 6) is 0.902. The quantitative estimate of drug-likeness (QED) is 0.682. The molecule has 0 radical (unpaired) electrons. The van der Waals surface area contributed by atoms with Gasteiger partial charge in [0.1, 0.15) is 5.75 Å². The molecule has 0 saturated heterocycles. The molecule has 3 rings (SSSR count). The van der Waals surface area contributed by atoms with Gasteiger partial charge in [0.15, 0.2) is 0 Å². The fourth-order valence-electron chi connectivity index (χ4n) is 3.12. The largest absolute Gasteiger partial charge is 0.494 e. The van der Waals surface area contributed by atoms with Crippen LogP contribution in [0.15, 0.2) is 48.5 Å². The number of anilines is 1. The van der Waals surface area contributed by atoms with Crippen molar-refractivity contribution in [2.75, 3.05) is 18.1 Å². The topological polar surface area (TPSA) is 29.5 Å². The Morgan fingerprint density at radius 3 is 2.62 bits per heavy atom. The molecule has 1 aliphatic rings. The second-order valence-corrected chi connectivity index (χ2v) is 6.27. The average Bonchev–Trinajstić information content (AvgIpc) is 3.05. The lowest BCUT2D eigenvalue weighted by atomic mass is 10.1. The number of benzene rings is 2. The van der Waals surface area contributed by atoms with Gasteiger partial charge in [-0.1, -0.05) is 44.4 Å². The van der Waals surface area contributed by atoms with E-state index in [1.54, 1.807) is 0 Å². The predicted molar refractivity (Wildman–Crippen MR) is 97.9 cm³/mol. The van der Waals surface area contributed by atoms with Crippen LogP contribution >= 0.6 is 0 Å². The molecule has 0 N–H and O–H groups in total. The number of carbonyl (C=O) groups excluding carboxylic acids is 1. The third-order valence-corrected chi connectivity index (χ3v) is 4.50. The number of unbranched alkanes of at least 4 members (excludes halogenated alkanes) is 3. The van der Waals surface area contributed by atoms with E-state index in [9.17, 15) is 4.79 Å². The molecule has 1 heterocycles. The summed E-state index contributed by atoms with van der Waals surface area (Å²) in [7, 11) is 0. The highest BCUT2D eigenvalue weighted by Crippen LogP contribution is 2.29. The normalized spacial score (nSPS) is 13.0. The third kappa shape index (κ3) is 3.78. The zero-order valence-corrected chi connectivity index (χ0v) is 14.3. The van der Waals surface area contributed by atoms with Gasteiger partial charge in [-0.25, -0.2) is 0 Å². The van der Waals surface area contributed by atoms with E-state index < -0.39 is 0 Å². The van der Waals surface area contributed by atoms with Crippen molar-refractivity contribution in [3.8, 4) is 5.75 Å². The number of hydrogen-bond acceptors (Lipinski definition) is 2. The summed E-state index contributed by atoms with van der Waals surface area (Å²) in [6, 6.07) is 15.7. The SMILES string of the molecule is CCCCCCOc1ccc(C(=O)N2CCc3ccccc32)cc1. The van der Waals surface area contributed by atoms with Crippen molar-refractivity contribution >= 4 is 11.6 Å². The molecule has 1 amide bonds. The molecule has 24 heavy (non-hydrogen) atoms. The van der Waals surface area contributed by atoms with Crippen LogP contribution in [0.1, 0.15) is 48.5 Å². The van der Waals surface area contributed by atoms with Gasteiger partial charge in [-0.2, -0.15) is 0 Å². The molecule has 2 aromatic rings. The van der Waals surface area contributed by atoms with Crippen LogP contribution in [0, 0.1) is 0 Å². The van der Waals surface area contributed by atoms with Gasteiger partial charge in [0.25, 0.3) is 5.91 Å². The fraction of sp³-hybridized carbons (Fsp3) is 0.381. The van der Waals surface area contributed by atoms with Gasteiger partial charge in [0, 0.05) is 17.8 Å². The fourth-order valence-corrected chi connectivity index (χ4v) is 3.12. The van der Waals surface area contributed by atoms with Crippen LogP contribution in [0.2, 0.25) is 0 Å². The van der Waals surface area contributed by atoms with E-state index >= 15 is 0 Å². The maximum absolute atomic E-state index is 12.7. The second-order valence-electron chi connectivity index (χ2n) is 6.27. The number of ether oxygens (including phenoxy) is 1. The Balaban J connectivity index is 1.59. The summed E-state index contributed by atoms with van der Waals surface area (Å²) in [4.78, 5) is 14.6. The minimum atomic E-state index is 0.0643. The molecular weight excluding hydrogens is 298 g/mol. The lowest BCUT2D eigenvalue weighted by Gasteiger charge is -2.17. The molecule has 1 aliphatic heterocycles. The highest BCUT2D eigenvalue weighted by atomic mass is 16.5. The molecule has 0 unspecified atom stereocenters. The van der Waals surface area contributed by atoms with E-state index in [1.165, 1.54) is 24.8 Å². The molecular formula is C21H25NO2. The molecule has 126 valence electrons. The van der Waals surface area contributed by atoms with E-state index in [0.29, 0.717) is 5.56 Å². The summed E-state index contributed by atoms with van der Waals surface area (Å²) >= 11 is 0. The van der Waals surface area contributed by atoms with E-state index in [2.05, 4.69) is 13.0 Å². The standard InChI is InChI=1S/C21H25NO2/c1-2-3-4-7-16-24-19-12-10-18(11-13-19)21(23)22-15-14-17-8-5-6-9-20(17)22/h5-6,8-13H,2-4,7,14-16H2,1H3. The Kier molecular flexibility index (Phi) is 5.52. The van der Waals surface area contributed by atoms with Crippen molar-refractivity contribution in [2.24, 2.45) is 0 Å². The molecule has 2 aromatic carbocycles. The van der Waals surface area contributed by atoms with Gasteiger partial charge in [-0.15, -0.1) is 0 Å². The van der Waals surface area contributed by atoms with Crippen molar-refractivity contribution in [2.45, 2.75) is 39.0 Å². The summed E-state index contributed by atoms with van der Waals surface area (Å²) in [5.41, 5.74) is 3.00. The maximum atomic E-state index is 12.7. The van der Waals surface area contributed by atoms with Gasteiger partial charge in [-0.05, 0) is 48.7 Å². The molecule has 0 saturated carbocycles. The van der Waals surface area contributed by atoms with Crippen molar-refractivity contribution in [3.05, 3.63) is 59.7 Å². The first-order valence-electron chi connectivity index (χ1n) is 8.92. The first-order chi connectivity index (χ1) is 11.8. The molecule has 0 fully saturated rings. The maximum Gasteiger partial charge on any atom is 0.258 e. The molecule has 3 heteroatoms. The Morgan fingerprint density at radius 2 is 1.83 bits per heavy atom. The number of nitrogens with zero attached hydrogens (tertiary/aromatic N) is 1. The zero-order valence-electron chi connectivity index (χ0n) is 14.3. The molecule has 0 bridgehead atoms. The Hall–Kier alpha value is -2.29. The van der Waals surface area contributed by atoms with Crippen molar-refractivity contribution in [3.63, 3.8) is 0 Å². The van der Waals surface area contributed by atoms with Crippen molar-refractivity contribution in [1.82, 2.24) is 0 Å². The number of hydrogen-bond donors (Lipinski definition) is 0. The lowest BCUT2D eigenvalue weighted by Crippen LogP contribution is -2.28. The van der Waals surface area contributed by atoms with E-state index in [1.807, 2.05) is 47.4 Å². The summed E-state index contributed by atoms with van der Waals surface area (Å²) in [6.07, 6.45) is 5.71. The van der Waals surface area contributed by atoms with E-state index in [0.717, 1.165) is 37.4 Å². The van der Waals surface area contributed by atoms with Crippen LogP contribution in [0.5, 0.6) is 5.75 Å². The first kappa shape index (κ1) is 16.6. The van der Waals surface area contributed by atoms with Crippen LogP contribution in [0.25, 0.3) is 0 Å². The van der Waals surface area contributed by atoms with Gasteiger partial charge in [0.05, 0.1) is 6.61 Å². The monoisotopic (exact) mass is 323 g/mol. The van der Waals surface area contributed by atoms with Crippen LogP contribution in [-0.4, -0.2) is 19.1 Å². The Morgan fingerprint density at radius 1 is 1.04 bits per heavy atom. The van der Waals surface area contributed by atoms with Crippen LogP contribution in [-0.2, 0) is 6.42 Å². The molecule has 0 aromatic heterocycles. The van der Waals surface area contributed by atoms with E-state index in [4.69, 9.17) is 4.74 Å². The van der Waals surface area contributed by atoms with Gasteiger partial charge in [0.2, 0.25) is 0 Å². The second kappa shape index (κ2) is 8.00. The molecule has 0 atom stereocenters. The predicted octanol–water partition coefficient (Wildman–Crippen LogP) is 4.85. The van der Waals surface area contributed by atoms with Crippen LogP contribution in [0.4, 0.5) is 5.69 Å². The van der Waals surface area contributed by atoms with Gasteiger partial charge < -0.3 is 9.64 Å². The minimum absolute atomic E-state index is 0.0643. The molecule has 3 nitrogen and oxygen atoms in total. The number of fused-ring (bicyclic) bond motifs is 1. The Bertz CT molecular complexity index is 678. The summed E-state index contributed by atoms with van der Waals surface area (Å²) < 4.78 is 5.74.